The maximum atomic E-state index is 11.6. The van der Waals surface area contributed by atoms with Gasteiger partial charge in [-0.1, -0.05) is 13.8 Å². The first-order chi connectivity index (χ1) is 11.3. The number of nitrogens with two attached hydrogens (primary N) is 1. The van der Waals surface area contributed by atoms with Gasteiger partial charge in [0.25, 0.3) is 5.91 Å². The van der Waals surface area contributed by atoms with Crippen molar-refractivity contribution in [2.24, 2.45) is 11.1 Å². The second-order valence-electron chi connectivity index (χ2n) is 7.27. The lowest BCUT2D eigenvalue weighted by Gasteiger charge is -2.28. The van der Waals surface area contributed by atoms with E-state index in [0.717, 1.165) is 25.7 Å². The third kappa shape index (κ3) is 4.88. The topological polar surface area (TPSA) is 110 Å². The number of hydrogen-bond acceptors (Lipinski definition) is 6. The normalized spacial score (nSPS) is 21.5. The summed E-state index contributed by atoms with van der Waals surface area (Å²) >= 11 is 0. The Morgan fingerprint density at radius 3 is 2.62 bits per heavy atom. The van der Waals surface area contributed by atoms with Crippen molar-refractivity contribution in [2.45, 2.75) is 58.1 Å². The van der Waals surface area contributed by atoms with Gasteiger partial charge in [0.05, 0.1) is 17.4 Å². The molecule has 0 bridgehead atoms. The smallest absolute Gasteiger partial charge is 0.252 e. The Labute approximate surface area is 143 Å². The van der Waals surface area contributed by atoms with E-state index in [2.05, 4.69) is 15.3 Å². The Balaban J connectivity index is 2.12. The summed E-state index contributed by atoms with van der Waals surface area (Å²) in [5.41, 5.74) is 5.93. The van der Waals surface area contributed by atoms with Crippen molar-refractivity contribution in [1.29, 1.82) is 0 Å². The van der Waals surface area contributed by atoms with Crippen molar-refractivity contribution in [3.05, 3.63) is 17.5 Å². The number of carbonyl (C=O) groups excluding carboxylic acids is 1. The van der Waals surface area contributed by atoms with E-state index in [1.807, 2.05) is 13.8 Å². The molecule has 4 N–H and O–H groups in total. The van der Waals surface area contributed by atoms with E-state index < -0.39 is 5.91 Å². The Kier molecular flexibility index (Phi) is 6.12. The van der Waals surface area contributed by atoms with Crippen LogP contribution in [-0.4, -0.2) is 46.8 Å². The number of aliphatic hydroxyl groups excluding tert-OH is 1. The summed E-state index contributed by atoms with van der Waals surface area (Å²) in [6, 6.07) is 0.300. The summed E-state index contributed by atoms with van der Waals surface area (Å²) < 4.78 is 5.38. The van der Waals surface area contributed by atoms with E-state index in [9.17, 15) is 9.90 Å². The molecule has 0 radical (unpaired) electrons. The van der Waals surface area contributed by atoms with E-state index in [0.29, 0.717) is 35.8 Å². The van der Waals surface area contributed by atoms with Crippen LogP contribution >= 0.6 is 0 Å². The van der Waals surface area contributed by atoms with Gasteiger partial charge in [0.15, 0.2) is 0 Å². The fraction of sp³-hybridized carbons (Fsp3) is 0.706. The van der Waals surface area contributed by atoms with Crippen LogP contribution in [0.1, 0.15) is 55.6 Å². The van der Waals surface area contributed by atoms with Gasteiger partial charge in [-0.3, -0.25) is 4.79 Å². The molecule has 0 atom stereocenters. The molecule has 0 saturated heterocycles. The zero-order valence-corrected chi connectivity index (χ0v) is 14.7. The average Bonchev–Trinajstić information content (AvgIpc) is 2.55. The number of rotatable bonds is 7. The molecule has 1 aromatic heterocycles. The standard InChI is InChI=1S/C17H28N4O3/c1-17(2,10-22)8-14-13(15(18)23)9-19-16(21-14)20-11-4-6-12(24-3)7-5-11/h9,11-12,22H,4-8,10H2,1-3H3,(H2,18,23)(H,19,20,21). The van der Waals surface area contributed by atoms with Gasteiger partial charge in [0, 0.05) is 26.0 Å². The van der Waals surface area contributed by atoms with Crippen molar-refractivity contribution in [2.75, 3.05) is 19.0 Å². The van der Waals surface area contributed by atoms with Crippen molar-refractivity contribution in [3.8, 4) is 0 Å². The highest BCUT2D eigenvalue weighted by atomic mass is 16.5. The van der Waals surface area contributed by atoms with E-state index >= 15 is 0 Å². The number of hydrogen-bond donors (Lipinski definition) is 3. The number of methoxy groups -OCH3 is 1. The molecular formula is C17H28N4O3. The predicted molar refractivity (Wildman–Crippen MR) is 91.8 cm³/mol. The minimum absolute atomic E-state index is 0.000994. The minimum atomic E-state index is -0.550. The van der Waals surface area contributed by atoms with Crippen LogP contribution in [0.15, 0.2) is 6.20 Å². The molecule has 0 unspecified atom stereocenters. The predicted octanol–water partition coefficient (Wildman–Crippen LogP) is 1.51. The van der Waals surface area contributed by atoms with E-state index in [-0.39, 0.29) is 12.0 Å². The first-order valence-corrected chi connectivity index (χ1v) is 8.40. The first kappa shape index (κ1) is 18.6. The van der Waals surface area contributed by atoms with Crippen LogP contribution in [0.2, 0.25) is 0 Å². The first-order valence-electron chi connectivity index (χ1n) is 8.40. The molecule has 2 rings (SSSR count). The maximum absolute atomic E-state index is 11.6. The van der Waals surface area contributed by atoms with Crippen molar-refractivity contribution in [3.63, 3.8) is 0 Å². The molecule has 7 nitrogen and oxygen atoms in total. The van der Waals surface area contributed by atoms with Gasteiger partial charge < -0.3 is 20.9 Å². The highest BCUT2D eigenvalue weighted by Crippen LogP contribution is 2.25. The number of aromatic nitrogens is 2. The number of aliphatic hydroxyl groups is 1. The van der Waals surface area contributed by atoms with Crippen molar-refractivity contribution < 1.29 is 14.6 Å². The number of anilines is 1. The molecule has 0 aliphatic heterocycles. The van der Waals surface area contributed by atoms with Crippen LogP contribution in [-0.2, 0) is 11.2 Å². The van der Waals surface area contributed by atoms with Crippen LogP contribution < -0.4 is 11.1 Å². The molecule has 1 heterocycles. The van der Waals surface area contributed by atoms with Gasteiger partial charge in [0.1, 0.15) is 0 Å². The second kappa shape index (κ2) is 7.90. The molecule has 1 saturated carbocycles. The molecule has 24 heavy (non-hydrogen) atoms. The zero-order valence-electron chi connectivity index (χ0n) is 14.7. The number of nitrogens with zero attached hydrogens (tertiary/aromatic N) is 2. The number of carbonyl (C=O) groups is 1. The van der Waals surface area contributed by atoms with Crippen LogP contribution in [0.25, 0.3) is 0 Å². The van der Waals surface area contributed by atoms with E-state index in [1.165, 1.54) is 6.20 Å². The molecule has 0 aromatic carbocycles. The molecule has 1 aliphatic rings. The maximum Gasteiger partial charge on any atom is 0.252 e. The van der Waals surface area contributed by atoms with Crippen LogP contribution in [0.4, 0.5) is 5.95 Å². The molecule has 134 valence electrons. The number of nitrogens with one attached hydrogen (secondary N) is 1. The molecule has 7 heteroatoms. The summed E-state index contributed by atoms with van der Waals surface area (Å²) in [6.07, 6.45) is 6.28. The number of amides is 1. The third-order valence-corrected chi connectivity index (χ3v) is 4.55. The fourth-order valence-electron chi connectivity index (χ4n) is 2.96. The van der Waals surface area contributed by atoms with Crippen molar-refractivity contribution >= 4 is 11.9 Å². The van der Waals surface area contributed by atoms with E-state index in [4.69, 9.17) is 10.5 Å². The monoisotopic (exact) mass is 336 g/mol. The largest absolute Gasteiger partial charge is 0.396 e. The van der Waals surface area contributed by atoms with Crippen LogP contribution in [0.5, 0.6) is 0 Å². The molecule has 1 aromatic rings. The fourth-order valence-corrected chi connectivity index (χ4v) is 2.96. The summed E-state index contributed by atoms with van der Waals surface area (Å²) in [5.74, 6) is -0.0458. The van der Waals surface area contributed by atoms with Gasteiger partial charge >= 0.3 is 0 Å². The number of primary amides is 1. The lowest BCUT2D eigenvalue weighted by atomic mass is 9.87. The molecular weight excluding hydrogens is 308 g/mol. The summed E-state index contributed by atoms with van der Waals surface area (Å²) in [5, 5.41) is 12.8. The number of ether oxygens (including phenoxy) is 1. The van der Waals surface area contributed by atoms with Gasteiger partial charge in [-0.05, 0) is 37.5 Å². The zero-order chi connectivity index (χ0) is 17.7. The summed E-state index contributed by atoms with van der Waals surface area (Å²) in [7, 11) is 1.75. The quantitative estimate of drug-likeness (QED) is 0.696. The Hall–Kier alpha value is -1.73. The molecule has 1 fully saturated rings. The molecule has 1 amide bonds. The highest BCUT2D eigenvalue weighted by molar-refractivity contribution is 5.93. The van der Waals surface area contributed by atoms with Gasteiger partial charge in [-0.25, -0.2) is 9.97 Å². The van der Waals surface area contributed by atoms with Gasteiger partial charge in [-0.2, -0.15) is 0 Å². The lowest BCUT2D eigenvalue weighted by molar-refractivity contribution is 0.0681. The van der Waals surface area contributed by atoms with Gasteiger partial charge in [-0.15, -0.1) is 0 Å². The lowest BCUT2D eigenvalue weighted by Crippen LogP contribution is -2.30. The summed E-state index contributed by atoms with van der Waals surface area (Å²) in [6.45, 7) is 3.83. The molecule has 0 spiro atoms. The van der Waals surface area contributed by atoms with E-state index in [1.54, 1.807) is 7.11 Å². The average molecular weight is 336 g/mol. The van der Waals surface area contributed by atoms with Gasteiger partial charge in [0.2, 0.25) is 5.95 Å². The Bertz CT molecular complexity index is 569. The molecule has 1 aliphatic carbocycles. The highest BCUT2D eigenvalue weighted by Gasteiger charge is 2.24. The Morgan fingerprint density at radius 1 is 1.42 bits per heavy atom. The SMILES string of the molecule is COC1CCC(Nc2ncc(C(N)=O)c(CC(C)(C)CO)n2)CC1. The minimum Gasteiger partial charge on any atom is -0.396 e. The summed E-state index contributed by atoms with van der Waals surface area (Å²) in [4.78, 5) is 20.3. The van der Waals surface area contributed by atoms with Crippen LogP contribution in [0.3, 0.4) is 0 Å². The van der Waals surface area contributed by atoms with Crippen molar-refractivity contribution in [1.82, 2.24) is 9.97 Å². The Morgan fingerprint density at radius 2 is 2.08 bits per heavy atom. The third-order valence-electron chi connectivity index (χ3n) is 4.55. The van der Waals surface area contributed by atoms with Crippen LogP contribution in [0, 0.1) is 5.41 Å². The second-order valence-corrected chi connectivity index (χ2v) is 7.27.